The molecule has 0 bridgehead atoms. The number of benzene rings is 1. The molecule has 0 saturated carbocycles. The van der Waals surface area contributed by atoms with Crippen molar-refractivity contribution in [3.63, 3.8) is 0 Å². The summed E-state index contributed by atoms with van der Waals surface area (Å²) in [6.45, 7) is 6.72. The summed E-state index contributed by atoms with van der Waals surface area (Å²) in [6, 6.07) is 4.28. The molecule has 3 N–H and O–H groups in total. The Morgan fingerprint density at radius 1 is 1.25 bits per heavy atom. The highest BCUT2D eigenvalue weighted by molar-refractivity contribution is 5.43. The predicted molar refractivity (Wildman–Crippen MR) is 68.1 cm³/mol. The van der Waals surface area contributed by atoms with E-state index in [0.717, 1.165) is 25.3 Å². The van der Waals surface area contributed by atoms with Gasteiger partial charge in [0.15, 0.2) is 0 Å². The van der Waals surface area contributed by atoms with Crippen molar-refractivity contribution in [3.05, 3.63) is 28.8 Å². The van der Waals surface area contributed by atoms with E-state index < -0.39 is 0 Å². The van der Waals surface area contributed by atoms with E-state index in [1.165, 1.54) is 16.7 Å². The molecule has 0 fully saturated rings. The fourth-order valence-electron chi connectivity index (χ4n) is 1.90. The van der Waals surface area contributed by atoms with Crippen LogP contribution in [0.5, 0.6) is 5.75 Å². The van der Waals surface area contributed by atoms with Gasteiger partial charge in [0.1, 0.15) is 5.75 Å². The smallest absolute Gasteiger partial charge is 0.122 e. The number of rotatable bonds is 6. The van der Waals surface area contributed by atoms with E-state index >= 15 is 0 Å². The van der Waals surface area contributed by atoms with Gasteiger partial charge in [-0.2, -0.15) is 0 Å². The Kier molecular flexibility index (Phi) is 5.29. The molecule has 0 aromatic heterocycles. The van der Waals surface area contributed by atoms with E-state index in [4.69, 9.17) is 10.5 Å². The maximum absolute atomic E-state index is 5.43. The molecule has 16 heavy (non-hydrogen) atoms. The maximum atomic E-state index is 5.43. The third-order valence-corrected chi connectivity index (χ3v) is 2.67. The zero-order chi connectivity index (χ0) is 12.0. The largest absolute Gasteiger partial charge is 0.496 e. The molecule has 1 rings (SSSR count). The zero-order valence-electron chi connectivity index (χ0n) is 10.5. The normalized spacial score (nSPS) is 10.5. The van der Waals surface area contributed by atoms with Gasteiger partial charge in [-0.15, -0.1) is 0 Å². The lowest BCUT2D eigenvalue weighted by atomic mass is 10.0. The zero-order valence-corrected chi connectivity index (χ0v) is 10.5. The van der Waals surface area contributed by atoms with Crippen LogP contribution in [-0.2, 0) is 6.42 Å². The minimum absolute atomic E-state index is 0.685. The van der Waals surface area contributed by atoms with Gasteiger partial charge in [-0.1, -0.05) is 6.07 Å². The number of methoxy groups -OCH3 is 1. The highest BCUT2D eigenvalue weighted by Gasteiger charge is 2.06. The van der Waals surface area contributed by atoms with Crippen molar-refractivity contribution >= 4 is 0 Å². The van der Waals surface area contributed by atoms with Crippen LogP contribution in [0.1, 0.15) is 16.7 Å². The third-order valence-electron chi connectivity index (χ3n) is 2.67. The summed E-state index contributed by atoms with van der Waals surface area (Å²) < 4.78 is 5.41. The quantitative estimate of drug-likeness (QED) is 0.715. The number of hydrogen-bond acceptors (Lipinski definition) is 3. The topological polar surface area (TPSA) is 47.3 Å². The fraction of sp³-hybridized carbons (Fsp3) is 0.538. The summed E-state index contributed by atoms with van der Waals surface area (Å²) in [5.41, 5.74) is 9.26. The summed E-state index contributed by atoms with van der Waals surface area (Å²) in [7, 11) is 1.73. The summed E-state index contributed by atoms with van der Waals surface area (Å²) in [4.78, 5) is 0. The minimum Gasteiger partial charge on any atom is -0.496 e. The van der Waals surface area contributed by atoms with Crippen LogP contribution in [0, 0.1) is 13.8 Å². The SMILES string of the molecule is COc1cc(C)cc(C)c1CCNCCN. The van der Waals surface area contributed by atoms with E-state index in [-0.39, 0.29) is 0 Å². The van der Waals surface area contributed by atoms with Crippen molar-refractivity contribution in [2.45, 2.75) is 20.3 Å². The Hall–Kier alpha value is -1.06. The van der Waals surface area contributed by atoms with Gasteiger partial charge in [-0.3, -0.25) is 0 Å². The van der Waals surface area contributed by atoms with Gasteiger partial charge in [0, 0.05) is 13.1 Å². The van der Waals surface area contributed by atoms with E-state index in [1.807, 2.05) is 0 Å². The van der Waals surface area contributed by atoms with Crippen LogP contribution in [0.2, 0.25) is 0 Å². The summed E-state index contributed by atoms with van der Waals surface area (Å²) >= 11 is 0. The molecule has 0 aliphatic carbocycles. The molecule has 1 aromatic rings. The number of ether oxygens (including phenoxy) is 1. The summed E-state index contributed by atoms with van der Waals surface area (Å²) in [6.07, 6.45) is 0.981. The van der Waals surface area contributed by atoms with Gasteiger partial charge >= 0.3 is 0 Å². The molecule has 0 unspecified atom stereocenters. The third kappa shape index (κ3) is 3.51. The molecular formula is C13H22N2O. The Morgan fingerprint density at radius 2 is 2.00 bits per heavy atom. The van der Waals surface area contributed by atoms with Crippen LogP contribution >= 0.6 is 0 Å². The molecule has 0 atom stereocenters. The van der Waals surface area contributed by atoms with Gasteiger partial charge in [0.25, 0.3) is 0 Å². The monoisotopic (exact) mass is 222 g/mol. The lowest BCUT2D eigenvalue weighted by Gasteiger charge is -2.13. The van der Waals surface area contributed by atoms with Crippen LogP contribution in [0.25, 0.3) is 0 Å². The van der Waals surface area contributed by atoms with E-state index in [2.05, 4.69) is 31.3 Å². The molecule has 0 aliphatic rings. The fourth-order valence-corrected chi connectivity index (χ4v) is 1.90. The molecule has 0 amide bonds. The van der Waals surface area contributed by atoms with Gasteiger partial charge < -0.3 is 15.8 Å². The van der Waals surface area contributed by atoms with Crippen molar-refractivity contribution in [1.29, 1.82) is 0 Å². The molecule has 3 heteroatoms. The minimum atomic E-state index is 0.685. The Bertz CT molecular complexity index is 337. The second-order valence-electron chi connectivity index (χ2n) is 4.05. The lowest BCUT2D eigenvalue weighted by molar-refractivity contribution is 0.408. The van der Waals surface area contributed by atoms with Crippen LogP contribution in [0.4, 0.5) is 0 Å². The standard InChI is InChI=1S/C13H22N2O/c1-10-8-11(2)12(13(9-10)16-3)4-6-15-7-5-14/h8-9,15H,4-7,14H2,1-3H3. The Morgan fingerprint density at radius 3 is 2.62 bits per heavy atom. The number of nitrogens with two attached hydrogens (primary N) is 1. The van der Waals surface area contributed by atoms with Crippen molar-refractivity contribution < 1.29 is 4.74 Å². The molecule has 3 nitrogen and oxygen atoms in total. The second kappa shape index (κ2) is 6.51. The molecule has 90 valence electrons. The second-order valence-corrected chi connectivity index (χ2v) is 4.05. The Labute approximate surface area is 98.0 Å². The predicted octanol–water partition coefficient (Wildman–Crippen LogP) is 1.40. The van der Waals surface area contributed by atoms with Crippen LogP contribution in [-0.4, -0.2) is 26.7 Å². The van der Waals surface area contributed by atoms with Crippen LogP contribution < -0.4 is 15.8 Å². The lowest BCUT2D eigenvalue weighted by Crippen LogP contribution is -2.24. The number of nitrogens with one attached hydrogen (secondary N) is 1. The summed E-state index contributed by atoms with van der Waals surface area (Å²) in [5, 5.41) is 3.30. The van der Waals surface area contributed by atoms with Crippen LogP contribution in [0.3, 0.4) is 0 Å². The van der Waals surface area contributed by atoms with Gasteiger partial charge in [-0.05, 0) is 49.6 Å². The molecule has 0 spiro atoms. The average molecular weight is 222 g/mol. The first kappa shape index (κ1) is 13.0. The van der Waals surface area contributed by atoms with Crippen molar-refractivity contribution in [1.82, 2.24) is 5.32 Å². The van der Waals surface area contributed by atoms with Gasteiger partial charge in [-0.25, -0.2) is 0 Å². The molecule has 0 saturated heterocycles. The molecule has 0 heterocycles. The van der Waals surface area contributed by atoms with Crippen LogP contribution in [0.15, 0.2) is 12.1 Å². The number of aryl methyl sites for hydroxylation is 2. The maximum Gasteiger partial charge on any atom is 0.122 e. The first-order chi connectivity index (χ1) is 7.69. The summed E-state index contributed by atoms with van der Waals surface area (Å²) in [5.74, 6) is 0.993. The molecule has 1 aromatic carbocycles. The van der Waals surface area contributed by atoms with Crippen molar-refractivity contribution in [2.24, 2.45) is 5.73 Å². The first-order valence-corrected chi connectivity index (χ1v) is 5.74. The first-order valence-electron chi connectivity index (χ1n) is 5.74. The highest BCUT2D eigenvalue weighted by atomic mass is 16.5. The van der Waals surface area contributed by atoms with Crippen molar-refractivity contribution in [3.8, 4) is 5.75 Å². The van der Waals surface area contributed by atoms with E-state index in [0.29, 0.717) is 6.54 Å². The highest BCUT2D eigenvalue weighted by Crippen LogP contribution is 2.24. The molecule has 0 aliphatic heterocycles. The van der Waals surface area contributed by atoms with E-state index in [1.54, 1.807) is 7.11 Å². The number of hydrogen-bond donors (Lipinski definition) is 2. The van der Waals surface area contributed by atoms with Gasteiger partial charge in [0.2, 0.25) is 0 Å². The molecular weight excluding hydrogens is 200 g/mol. The Balaban J connectivity index is 2.70. The molecule has 0 radical (unpaired) electrons. The van der Waals surface area contributed by atoms with Gasteiger partial charge in [0.05, 0.1) is 7.11 Å². The van der Waals surface area contributed by atoms with Crippen molar-refractivity contribution in [2.75, 3.05) is 26.7 Å². The van der Waals surface area contributed by atoms with E-state index in [9.17, 15) is 0 Å². The average Bonchev–Trinajstić information content (AvgIpc) is 2.26.